The van der Waals surface area contributed by atoms with Crippen LogP contribution in [0.5, 0.6) is 0 Å². The van der Waals surface area contributed by atoms with Crippen LogP contribution in [0, 0.1) is 6.92 Å². The minimum absolute atomic E-state index is 0.0397. The lowest BCUT2D eigenvalue weighted by Crippen LogP contribution is -2.21. The van der Waals surface area contributed by atoms with Crippen LogP contribution in [0.3, 0.4) is 0 Å². The number of halogens is 4. The number of benzene rings is 1. The summed E-state index contributed by atoms with van der Waals surface area (Å²) in [7, 11) is 1.67. The van der Waals surface area contributed by atoms with Crippen molar-refractivity contribution in [2.75, 3.05) is 6.54 Å². The van der Waals surface area contributed by atoms with Crippen LogP contribution in [0.4, 0.5) is 13.2 Å². The normalized spacial score (nSPS) is 12.9. The third-order valence-corrected chi connectivity index (χ3v) is 5.18. The first-order valence-electron chi connectivity index (χ1n) is 9.01. The fourth-order valence-corrected chi connectivity index (χ4v) is 3.84. The molecule has 0 fully saturated rings. The Balaban J connectivity index is 2.14. The largest absolute Gasteiger partial charge is 0.455 e. The summed E-state index contributed by atoms with van der Waals surface area (Å²) in [6.45, 7) is 1.68. The summed E-state index contributed by atoms with van der Waals surface area (Å²) >= 11 is 6.29. The van der Waals surface area contributed by atoms with Crippen molar-refractivity contribution in [3.05, 3.63) is 63.7 Å². The smallest absolute Gasteiger partial charge is 0.416 e. The van der Waals surface area contributed by atoms with Gasteiger partial charge in [0, 0.05) is 24.1 Å². The van der Waals surface area contributed by atoms with Gasteiger partial charge in [-0.3, -0.25) is 9.48 Å². The molecule has 2 heterocycles. The molecule has 1 aromatic carbocycles. The van der Waals surface area contributed by atoms with Gasteiger partial charge >= 0.3 is 6.18 Å². The van der Waals surface area contributed by atoms with Crippen LogP contribution in [-0.2, 0) is 19.6 Å². The summed E-state index contributed by atoms with van der Waals surface area (Å²) in [4.78, 5) is 12.1. The van der Waals surface area contributed by atoms with E-state index >= 15 is 0 Å². The van der Waals surface area contributed by atoms with Crippen LogP contribution >= 0.6 is 11.6 Å². The van der Waals surface area contributed by atoms with Crippen LogP contribution in [0.2, 0.25) is 5.02 Å². The molecule has 0 saturated heterocycles. The van der Waals surface area contributed by atoms with E-state index in [0.717, 1.165) is 12.1 Å². The van der Waals surface area contributed by atoms with E-state index in [1.165, 1.54) is 16.9 Å². The number of hydrogen-bond acceptors (Lipinski definition) is 4. The molecule has 3 aromatic rings. The van der Waals surface area contributed by atoms with Crippen molar-refractivity contribution >= 4 is 17.5 Å². The minimum Gasteiger partial charge on any atom is -0.455 e. The van der Waals surface area contributed by atoms with Gasteiger partial charge in [0.15, 0.2) is 5.76 Å². The number of amides is 1. The van der Waals surface area contributed by atoms with Crippen molar-refractivity contribution in [2.45, 2.75) is 25.4 Å². The van der Waals surface area contributed by atoms with Gasteiger partial charge in [-0.25, -0.2) is 0 Å². The summed E-state index contributed by atoms with van der Waals surface area (Å²) in [6.07, 6.45) is -2.88. The van der Waals surface area contributed by atoms with E-state index in [1.54, 1.807) is 20.0 Å². The van der Waals surface area contributed by atoms with E-state index in [1.807, 2.05) is 0 Å². The Morgan fingerprint density at radius 2 is 2.07 bits per heavy atom. The summed E-state index contributed by atoms with van der Waals surface area (Å²) in [5.41, 5.74) is 12.6. The Morgan fingerprint density at radius 1 is 1.37 bits per heavy atom. The number of hydrogen-bond donors (Lipinski definition) is 2. The third kappa shape index (κ3) is 4.08. The minimum atomic E-state index is -4.47. The molecular weight excluding hydrogens is 421 g/mol. The molecule has 1 amide bonds. The highest BCUT2D eigenvalue weighted by atomic mass is 35.5. The SMILES string of the molecule is Cc1oc(C(N)=O)c([C@@H](CN)Cc2cccc(C(F)(F)F)c2)c1-c1c(Cl)cnn1C. The monoisotopic (exact) mass is 440 g/mol. The maximum Gasteiger partial charge on any atom is 0.416 e. The molecule has 160 valence electrons. The maximum atomic E-state index is 13.1. The van der Waals surface area contributed by atoms with Gasteiger partial charge in [0.2, 0.25) is 0 Å². The zero-order chi connectivity index (χ0) is 22.2. The second-order valence-corrected chi connectivity index (χ2v) is 7.35. The van der Waals surface area contributed by atoms with Crippen molar-refractivity contribution in [1.82, 2.24) is 9.78 Å². The number of rotatable bonds is 6. The van der Waals surface area contributed by atoms with Gasteiger partial charge in [0.25, 0.3) is 5.91 Å². The van der Waals surface area contributed by atoms with Crippen molar-refractivity contribution in [2.24, 2.45) is 18.5 Å². The van der Waals surface area contributed by atoms with Crippen molar-refractivity contribution in [1.29, 1.82) is 0 Å². The zero-order valence-electron chi connectivity index (χ0n) is 16.3. The first-order chi connectivity index (χ1) is 14.0. The molecule has 0 unspecified atom stereocenters. The number of aromatic nitrogens is 2. The molecule has 30 heavy (non-hydrogen) atoms. The van der Waals surface area contributed by atoms with E-state index in [0.29, 0.717) is 33.2 Å². The second kappa shape index (κ2) is 8.16. The summed E-state index contributed by atoms with van der Waals surface area (Å²) < 4.78 is 46.4. The van der Waals surface area contributed by atoms with E-state index in [2.05, 4.69) is 5.10 Å². The number of aryl methyl sites for hydroxylation is 2. The van der Waals surface area contributed by atoms with Crippen molar-refractivity contribution in [3.63, 3.8) is 0 Å². The van der Waals surface area contributed by atoms with Crippen LogP contribution in [-0.4, -0.2) is 22.2 Å². The van der Waals surface area contributed by atoms with Gasteiger partial charge in [0.05, 0.1) is 22.5 Å². The summed E-state index contributed by atoms with van der Waals surface area (Å²) in [6, 6.07) is 4.97. The first kappa shape index (κ1) is 21.9. The Bertz CT molecular complexity index is 1070. The summed E-state index contributed by atoms with van der Waals surface area (Å²) in [5.74, 6) is -1.07. The van der Waals surface area contributed by atoms with E-state index in [-0.39, 0.29) is 18.7 Å². The van der Waals surface area contributed by atoms with Crippen molar-refractivity contribution < 1.29 is 22.4 Å². The van der Waals surface area contributed by atoms with E-state index in [4.69, 9.17) is 27.5 Å². The zero-order valence-corrected chi connectivity index (χ0v) is 17.0. The number of carbonyl (C=O) groups excluding carboxylic acids is 1. The molecular formula is C20H20ClF3N4O2. The molecule has 0 aliphatic heterocycles. The predicted molar refractivity (Wildman–Crippen MR) is 106 cm³/mol. The topological polar surface area (TPSA) is 100 Å². The van der Waals surface area contributed by atoms with Gasteiger partial charge in [-0.05, 0) is 31.5 Å². The Kier molecular flexibility index (Phi) is 5.96. The molecule has 0 aliphatic carbocycles. The molecule has 1 atom stereocenters. The molecule has 0 aliphatic rings. The van der Waals surface area contributed by atoms with Crippen LogP contribution in [0.25, 0.3) is 11.3 Å². The second-order valence-electron chi connectivity index (χ2n) is 6.94. The molecule has 0 bridgehead atoms. The quantitative estimate of drug-likeness (QED) is 0.604. The van der Waals surface area contributed by atoms with Gasteiger partial charge in [0.1, 0.15) is 5.76 Å². The number of alkyl halides is 3. The molecule has 0 saturated carbocycles. The average Bonchev–Trinajstić information content (AvgIpc) is 3.18. The average molecular weight is 441 g/mol. The summed E-state index contributed by atoms with van der Waals surface area (Å²) in [5, 5.41) is 4.43. The standard InChI is InChI=1S/C20H20ClF3N4O2/c1-10-15(17-14(21)9-27-28(17)2)16(18(30-10)19(26)29)12(8-25)6-11-4-3-5-13(7-11)20(22,23)24/h3-5,7,9,12H,6,8,25H2,1-2H3,(H2,26,29)/t12-/m1/s1. The number of primary amides is 1. The van der Waals surface area contributed by atoms with Crippen molar-refractivity contribution in [3.8, 4) is 11.3 Å². The maximum absolute atomic E-state index is 13.1. The molecule has 0 radical (unpaired) electrons. The van der Waals surface area contributed by atoms with Crippen LogP contribution in [0.1, 0.15) is 38.9 Å². The lowest BCUT2D eigenvalue weighted by Gasteiger charge is -2.18. The fraction of sp³-hybridized carbons (Fsp3) is 0.300. The molecule has 10 heteroatoms. The Labute approximate surface area is 175 Å². The Hall–Kier alpha value is -2.78. The Morgan fingerprint density at radius 3 is 2.60 bits per heavy atom. The number of nitrogens with two attached hydrogens (primary N) is 2. The highest BCUT2D eigenvalue weighted by Gasteiger charge is 2.33. The highest BCUT2D eigenvalue weighted by Crippen LogP contribution is 2.41. The van der Waals surface area contributed by atoms with Gasteiger partial charge in [-0.15, -0.1) is 0 Å². The molecule has 4 N–H and O–H groups in total. The highest BCUT2D eigenvalue weighted by molar-refractivity contribution is 6.33. The number of carbonyl (C=O) groups is 1. The molecule has 2 aromatic heterocycles. The van der Waals surface area contributed by atoms with E-state index < -0.39 is 23.6 Å². The van der Waals surface area contributed by atoms with Gasteiger partial charge in [-0.2, -0.15) is 18.3 Å². The molecule has 0 spiro atoms. The lowest BCUT2D eigenvalue weighted by atomic mass is 9.87. The first-order valence-corrected chi connectivity index (χ1v) is 9.39. The van der Waals surface area contributed by atoms with Crippen LogP contribution in [0.15, 0.2) is 34.9 Å². The van der Waals surface area contributed by atoms with Gasteiger partial charge in [-0.1, -0.05) is 29.8 Å². The lowest BCUT2D eigenvalue weighted by molar-refractivity contribution is -0.137. The fourth-order valence-electron chi connectivity index (χ4n) is 3.58. The van der Waals surface area contributed by atoms with Gasteiger partial charge < -0.3 is 15.9 Å². The molecule has 6 nitrogen and oxygen atoms in total. The third-order valence-electron chi connectivity index (χ3n) is 4.91. The van der Waals surface area contributed by atoms with E-state index in [9.17, 15) is 18.0 Å². The number of nitrogens with zero attached hydrogens (tertiary/aromatic N) is 2. The number of furan rings is 1. The predicted octanol–water partition coefficient (Wildman–Crippen LogP) is 4.04. The van der Waals surface area contributed by atoms with Crippen LogP contribution < -0.4 is 11.5 Å². The molecule has 3 rings (SSSR count).